The Morgan fingerprint density at radius 1 is 1.06 bits per heavy atom. The van der Waals surface area contributed by atoms with E-state index in [1.165, 1.54) is 6.07 Å². The number of nitrogens with zero attached hydrogens (tertiary/aromatic N) is 3. The summed E-state index contributed by atoms with van der Waals surface area (Å²) in [6.45, 7) is 3.27. The van der Waals surface area contributed by atoms with E-state index in [1.54, 1.807) is 23.1 Å². The minimum atomic E-state index is -5.67. The fourth-order valence-electron chi connectivity index (χ4n) is 5.28. The highest BCUT2D eigenvalue weighted by Gasteiger charge is 2.61. The molecule has 1 spiro atoms. The summed E-state index contributed by atoms with van der Waals surface area (Å²) in [5.41, 5.74) is -0.0501. The lowest BCUT2D eigenvalue weighted by Gasteiger charge is -2.50. The summed E-state index contributed by atoms with van der Waals surface area (Å²) < 4.78 is 74.4. The zero-order chi connectivity index (χ0) is 26.3. The Balaban J connectivity index is 1.51. The zero-order valence-electron chi connectivity index (χ0n) is 20.2. The highest BCUT2D eigenvalue weighted by molar-refractivity contribution is 5.94. The normalized spacial score (nSPS) is 18.4. The number of aliphatic hydroxyl groups is 1. The number of rotatable bonds is 6. The van der Waals surface area contributed by atoms with Crippen LogP contribution in [0.3, 0.4) is 0 Å². The van der Waals surface area contributed by atoms with Crippen molar-refractivity contribution in [3.05, 3.63) is 52.8 Å². The summed E-state index contributed by atoms with van der Waals surface area (Å²) in [5.74, 6) is -4.48. The molecule has 0 atom stereocenters. The highest BCUT2D eigenvalue weighted by Crippen LogP contribution is 2.48. The smallest absolute Gasteiger partial charge is 0.459 e. The van der Waals surface area contributed by atoms with Gasteiger partial charge in [-0.3, -0.25) is 9.69 Å². The number of aliphatic hydroxyl groups excluding tert-OH is 1. The Hall–Kier alpha value is -2.66. The van der Waals surface area contributed by atoms with Crippen molar-refractivity contribution in [2.75, 3.05) is 39.9 Å². The molecule has 0 aliphatic carbocycles. The Bertz CT molecular complexity index is 1110. The van der Waals surface area contributed by atoms with Crippen LogP contribution < -0.4 is 4.74 Å². The van der Waals surface area contributed by atoms with Crippen LogP contribution in [0, 0.1) is 6.92 Å². The summed E-state index contributed by atoms with van der Waals surface area (Å²) in [6.07, 6.45) is -4.34. The van der Waals surface area contributed by atoms with Crippen LogP contribution in [0.25, 0.3) is 0 Å². The number of likely N-dealkylation sites (tertiary alicyclic amines) is 1. The molecule has 1 fully saturated rings. The molecule has 2 aliphatic rings. The van der Waals surface area contributed by atoms with Gasteiger partial charge in [0.2, 0.25) is 0 Å². The monoisotopic (exact) mass is 515 g/mol. The molecule has 0 saturated carbocycles. The van der Waals surface area contributed by atoms with Crippen LogP contribution in [0.2, 0.25) is 0 Å². The molecular weight excluding hydrogens is 485 g/mol. The van der Waals surface area contributed by atoms with E-state index in [0.29, 0.717) is 62.5 Å². The SMILES string of the molecule is Cc1cc(C(=O)N2CCC3(CC2)c2ccc(C(F)(F)C(F)(F)F)n2CCN3C)ccc1OCCCO. The molecule has 0 radical (unpaired) electrons. The van der Waals surface area contributed by atoms with E-state index in [2.05, 4.69) is 0 Å². The molecule has 1 N–H and O–H groups in total. The summed E-state index contributed by atoms with van der Waals surface area (Å²) in [6, 6.07) is 7.40. The first-order chi connectivity index (χ1) is 16.9. The number of alkyl halides is 5. The van der Waals surface area contributed by atoms with E-state index in [4.69, 9.17) is 9.84 Å². The number of carbonyl (C=O) groups is 1. The minimum Gasteiger partial charge on any atom is -0.493 e. The lowest BCUT2D eigenvalue weighted by molar-refractivity contribution is -0.292. The van der Waals surface area contributed by atoms with Gasteiger partial charge in [0.05, 0.1) is 17.8 Å². The molecule has 1 saturated heterocycles. The number of ether oxygens (including phenoxy) is 1. The van der Waals surface area contributed by atoms with Gasteiger partial charge in [-0.15, -0.1) is 0 Å². The number of benzene rings is 1. The predicted molar refractivity (Wildman–Crippen MR) is 122 cm³/mol. The Kier molecular flexibility index (Phi) is 7.09. The molecule has 4 rings (SSSR count). The maximum absolute atomic E-state index is 14.2. The van der Waals surface area contributed by atoms with Gasteiger partial charge in [0.25, 0.3) is 5.91 Å². The molecule has 1 aromatic heterocycles. The van der Waals surface area contributed by atoms with E-state index in [-0.39, 0.29) is 19.1 Å². The van der Waals surface area contributed by atoms with E-state index in [0.717, 1.165) is 16.2 Å². The van der Waals surface area contributed by atoms with E-state index < -0.39 is 23.3 Å². The maximum Gasteiger partial charge on any atom is 0.459 e. The lowest BCUT2D eigenvalue weighted by Crippen LogP contribution is -2.57. The number of amides is 1. The van der Waals surface area contributed by atoms with Crippen LogP contribution in [-0.4, -0.2) is 71.5 Å². The van der Waals surface area contributed by atoms with Crippen molar-refractivity contribution < 1.29 is 36.6 Å². The van der Waals surface area contributed by atoms with Gasteiger partial charge >= 0.3 is 12.1 Å². The molecular formula is C25H30F5N3O3. The second-order valence-electron chi connectivity index (χ2n) is 9.48. The lowest BCUT2D eigenvalue weighted by atomic mass is 9.81. The van der Waals surface area contributed by atoms with Crippen LogP contribution in [0.1, 0.15) is 46.6 Å². The van der Waals surface area contributed by atoms with E-state index >= 15 is 0 Å². The Morgan fingerprint density at radius 3 is 2.36 bits per heavy atom. The summed E-state index contributed by atoms with van der Waals surface area (Å²) in [7, 11) is 1.84. The van der Waals surface area contributed by atoms with E-state index in [1.807, 2.05) is 18.9 Å². The minimum absolute atomic E-state index is 0.0258. The summed E-state index contributed by atoms with van der Waals surface area (Å²) in [5, 5.41) is 8.89. The molecule has 11 heteroatoms. The third-order valence-electron chi connectivity index (χ3n) is 7.38. The maximum atomic E-state index is 14.2. The van der Waals surface area contributed by atoms with Crippen LogP contribution in [0.4, 0.5) is 22.0 Å². The van der Waals surface area contributed by atoms with Crippen molar-refractivity contribution in [3.63, 3.8) is 0 Å². The molecule has 198 valence electrons. The quantitative estimate of drug-likeness (QED) is 0.461. The molecule has 6 nitrogen and oxygen atoms in total. The van der Waals surface area contributed by atoms with Gasteiger partial charge < -0.3 is 19.3 Å². The zero-order valence-corrected chi connectivity index (χ0v) is 20.2. The largest absolute Gasteiger partial charge is 0.493 e. The van der Waals surface area contributed by atoms with Crippen LogP contribution in [0.5, 0.6) is 5.75 Å². The van der Waals surface area contributed by atoms with Crippen molar-refractivity contribution >= 4 is 5.91 Å². The topological polar surface area (TPSA) is 57.9 Å². The molecule has 2 aromatic rings. The summed E-state index contributed by atoms with van der Waals surface area (Å²) in [4.78, 5) is 16.9. The fraction of sp³-hybridized carbons (Fsp3) is 0.560. The third-order valence-corrected chi connectivity index (χ3v) is 7.38. The molecule has 1 aromatic carbocycles. The molecule has 36 heavy (non-hydrogen) atoms. The van der Waals surface area contributed by atoms with Crippen molar-refractivity contribution in [2.24, 2.45) is 0 Å². The van der Waals surface area contributed by atoms with Crippen LogP contribution >= 0.6 is 0 Å². The van der Waals surface area contributed by atoms with Gasteiger partial charge in [0.1, 0.15) is 5.75 Å². The average molecular weight is 516 g/mol. The second kappa shape index (κ2) is 9.66. The van der Waals surface area contributed by atoms with Crippen LogP contribution in [-0.2, 0) is 18.0 Å². The van der Waals surface area contributed by atoms with Gasteiger partial charge in [0, 0.05) is 50.5 Å². The number of hydrogen-bond donors (Lipinski definition) is 1. The molecule has 0 bridgehead atoms. The number of carbonyl (C=O) groups excluding carboxylic acids is 1. The van der Waals surface area contributed by atoms with Crippen molar-refractivity contribution in [1.82, 2.24) is 14.4 Å². The fourth-order valence-corrected chi connectivity index (χ4v) is 5.28. The number of hydrogen-bond acceptors (Lipinski definition) is 4. The molecule has 2 aliphatic heterocycles. The predicted octanol–water partition coefficient (Wildman–Crippen LogP) is 4.29. The van der Waals surface area contributed by atoms with Crippen molar-refractivity contribution in [3.8, 4) is 5.75 Å². The first kappa shape index (κ1) is 26.4. The second-order valence-corrected chi connectivity index (χ2v) is 9.48. The number of aromatic nitrogens is 1. The first-order valence-corrected chi connectivity index (χ1v) is 11.9. The van der Waals surface area contributed by atoms with Gasteiger partial charge in [-0.25, -0.2) is 0 Å². The third kappa shape index (κ3) is 4.47. The molecule has 0 unspecified atom stereocenters. The van der Waals surface area contributed by atoms with E-state index in [9.17, 15) is 26.7 Å². The van der Waals surface area contributed by atoms with Crippen LogP contribution in [0.15, 0.2) is 30.3 Å². The van der Waals surface area contributed by atoms with Crippen molar-refractivity contribution in [2.45, 2.75) is 50.4 Å². The summed E-state index contributed by atoms with van der Waals surface area (Å²) >= 11 is 0. The standard InChI is InChI=1S/C25H30F5N3O3/c1-17-16-18(4-5-19(17)36-15-3-14-34)22(35)32-10-8-23(9-11-32)20-6-7-21(24(26,27)25(28,29)30)33(20)13-12-31(23)2/h4-7,16,34H,3,8-15H2,1-2H3. The molecule has 1 amide bonds. The number of halogens is 5. The number of likely N-dealkylation sites (N-methyl/N-ethyl adjacent to an activating group) is 1. The van der Waals surface area contributed by atoms with Gasteiger partial charge in [-0.2, -0.15) is 22.0 Å². The number of piperidine rings is 1. The van der Waals surface area contributed by atoms with Gasteiger partial charge in [-0.05, 0) is 62.7 Å². The number of fused-ring (bicyclic) bond motifs is 2. The average Bonchev–Trinajstić information content (AvgIpc) is 3.28. The van der Waals surface area contributed by atoms with Crippen molar-refractivity contribution in [1.29, 1.82) is 0 Å². The number of aryl methyl sites for hydroxylation is 1. The van der Waals surface area contributed by atoms with Gasteiger partial charge in [-0.1, -0.05) is 0 Å². The highest BCUT2D eigenvalue weighted by atomic mass is 19.4. The Labute approximate surface area is 206 Å². The first-order valence-electron chi connectivity index (χ1n) is 11.9. The molecule has 3 heterocycles. The Morgan fingerprint density at radius 2 is 1.75 bits per heavy atom. The van der Waals surface area contributed by atoms with Gasteiger partial charge in [0.15, 0.2) is 0 Å².